The third-order valence-corrected chi connectivity index (χ3v) is 3.93. The van der Waals surface area contributed by atoms with Crippen LogP contribution in [0.4, 0.5) is 0 Å². The fourth-order valence-electron chi connectivity index (χ4n) is 2.75. The van der Waals surface area contributed by atoms with Gasteiger partial charge in [0, 0.05) is 26.3 Å². The van der Waals surface area contributed by atoms with Gasteiger partial charge in [0.15, 0.2) is 0 Å². The van der Waals surface area contributed by atoms with Crippen LogP contribution in [-0.2, 0) is 11.3 Å². The number of hydrogen-bond donors (Lipinski definition) is 1. The molecule has 0 bridgehead atoms. The molecule has 24 heavy (non-hydrogen) atoms. The zero-order chi connectivity index (χ0) is 17.7. The molecule has 7 nitrogen and oxygen atoms in total. The Balaban J connectivity index is 2.38. The second kappa shape index (κ2) is 8.10. The minimum atomic E-state index is -0.291. The SMILES string of the molecule is CCCC(C)NC(=O)c1c(C)oc2ncn(CCCOC)c(=O)c12. The lowest BCUT2D eigenvalue weighted by Crippen LogP contribution is -2.33. The summed E-state index contributed by atoms with van der Waals surface area (Å²) in [4.78, 5) is 29.5. The average Bonchev–Trinajstić information content (AvgIpc) is 2.87. The Labute approximate surface area is 141 Å². The summed E-state index contributed by atoms with van der Waals surface area (Å²) in [7, 11) is 1.61. The second-order valence-corrected chi connectivity index (χ2v) is 5.97. The monoisotopic (exact) mass is 335 g/mol. The van der Waals surface area contributed by atoms with E-state index in [1.165, 1.54) is 10.9 Å². The summed E-state index contributed by atoms with van der Waals surface area (Å²) >= 11 is 0. The molecule has 2 rings (SSSR count). The predicted octanol–water partition coefficient (Wildman–Crippen LogP) is 2.25. The third-order valence-electron chi connectivity index (χ3n) is 3.93. The highest BCUT2D eigenvalue weighted by atomic mass is 16.5. The molecular weight excluding hydrogens is 310 g/mol. The summed E-state index contributed by atoms with van der Waals surface area (Å²) in [6.07, 6.45) is 3.99. The van der Waals surface area contributed by atoms with Gasteiger partial charge < -0.3 is 14.5 Å². The number of furan rings is 1. The zero-order valence-electron chi connectivity index (χ0n) is 14.7. The molecule has 1 amide bonds. The van der Waals surface area contributed by atoms with Gasteiger partial charge in [0.05, 0.1) is 5.56 Å². The van der Waals surface area contributed by atoms with Crippen LogP contribution in [0.3, 0.4) is 0 Å². The maximum Gasteiger partial charge on any atom is 0.265 e. The van der Waals surface area contributed by atoms with E-state index < -0.39 is 0 Å². The molecule has 0 spiro atoms. The first kappa shape index (κ1) is 18.2. The number of aromatic nitrogens is 2. The number of nitrogens with zero attached hydrogens (tertiary/aromatic N) is 2. The summed E-state index contributed by atoms with van der Waals surface area (Å²) in [5.41, 5.74) is 0.224. The topological polar surface area (TPSA) is 86.4 Å². The summed E-state index contributed by atoms with van der Waals surface area (Å²) in [5, 5.41) is 3.16. The van der Waals surface area contributed by atoms with Crippen molar-refractivity contribution in [3.8, 4) is 0 Å². The van der Waals surface area contributed by atoms with E-state index in [9.17, 15) is 9.59 Å². The van der Waals surface area contributed by atoms with Crippen molar-refractivity contribution < 1.29 is 13.9 Å². The smallest absolute Gasteiger partial charge is 0.265 e. The standard InChI is InChI=1S/C17H25N3O4/c1-5-7-11(2)19-15(21)13-12(3)24-16-14(13)17(22)20(10-18-16)8-6-9-23-4/h10-11H,5-9H2,1-4H3,(H,19,21). The quantitative estimate of drug-likeness (QED) is 0.748. The van der Waals surface area contributed by atoms with Gasteiger partial charge in [-0.25, -0.2) is 4.98 Å². The van der Waals surface area contributed by atoms with E-state index in [0.717, 1.165) is 12.8 Å². The highest BCUT2D eigenvalue weighted by Gasteiger charge is 2.23. The van der Waals surface area contributed by atoms with Crippen molar-refractivity contribution in [3.05, 3.63) is 28.0 Å². The van der Waals surface area contributed by atoms with Crippen LogP contribution in [0.25, 0.3) is 11.1 Å². The maximum atomic E-state index is 12.7. The summed E-state index contributed by atoms with van der Waals surface area (Å²) in [6, 6.07) is 0.0347. The van der Waals surface area contributed by atoms with E-state index >= 15 is 0 Å². The molecule has 0 aromatic carbocycles. The fourth-order valence-corrected chi connectivity index (χ4v) is 2.75. The minimum Gasteiger partial charge on any atom is -0.442 e. The third kappa shape index (κ3) is 3.84. The van der Waals surface area contributed by atoms with Crippen molar-refractivity contribution >= 4 is 17.0 Å². The Kier molecular flexibility index (Phi) is 6.14. The number of carbonyl (C=O) groups excluding carboxylic acids is 1. The number of amides is 1. The number of aryl methyl sites for hydroxylation is 2. The molecule has 0 aliphatic carbocycles. The fraction of sp³-hybridized carbons (Fsp3) is 0.588. The molecule has 0 aliphatic rings. The van der Waals surface area contributed by atoms with Crippen molar-refractivity contribution in [2.45, 2.75) is 52.6 Å². The molecule has 0 radical (unpaired) electrons. The molecule has 2 heterocycles. The van der Waals surface area contributed by atoms with Gasteiger partial charge in [-0.1, -0.05) is 13.3 Å². The predicted molar refractivity (Wildman–Crippen MR) is 91.3 cm³/mol. The van der Waals surface area contributed by atoms with Crippen molar-refractivity contribution in [2.75, 3.05) is 13.7 Å². The van der Waals surface area contributed by atoms with Crippen LogP contribution in [0.15, 0.2) is 15.5 Å². The van der Waals surface area contributed by atoms with Crippen LogP contribution in [0.5, 0.6) is 0 Å². The molecule has 2 aromatic rings. The van der Waals surface area contributed by atoms with E-state index in [1.807, 2.05) is 6.92 Å². The zero-order valence-corrected chi connectivity index (χ0v) is 14.7. The Bertz CT molecular complexity index is 763. The highest BCUT2D eigenvalue weighted by Crippen LogP contribution is 2.21. The van der Waals surface area contributed by atoms with Gasteiger partial charge >= 0.3 is 0 Å². The van der Waals surface area contributed by atoms with Crippen molar-refractivity contribution in [1.82, 2.24) is 14.9 Å². The van der Waals surface area contributed by atoms with Gasteiger partial charge in [-0.05, 0) is 26.7 Å². The average molecular weight is 335 g/mol. The summed E-state index contributed by atoms with van der Waals surface area (Å²) < 4.78 is 12.0. The van der Waals surface area contributed by atoms with Crippen LogP contribution in [0.2, 0.25) is 0 Å². The molecule has 2 aromatic heterocycles. The van der Waals surface area contributed by atoms with E-state index in [-0.39, 0.29) is 34.2 Å². The Hall–Kier alpha value is -2.15. The Morgan fingerprint density at radius 2 is 2.25 bits per heavy atom. The molecule has 1 atom stereocenters. The maximum absolute atomic E-state index is 12.7. The van der Waals surface area contributed by atoms with Crippen molar-refractivity contribution in [3.63, 3.8) is 0 Å². The van der Waals surface area contributed by atoms with Gasteiger partial charge in [-0.3, -0.25) is 14.2 Å². The number of carbonyl (C=O) groups is 1. The van der Waals surface area contributed by atoms with Crippen LogP contribution < -0.4 is 10.9 Å². The van der Waals surface area contributed by atoms with Gasteiger partial charge in [0.25, 0.3) is 11.5 Å². The number of methoxy groups -OCH3 is 1. The number of rotatable bonds is 8. The Morgan fingerprint density at radius 3 is 2.92 bits per heavy atom. The first-order valence-corrected chi connectivity index (χ1v) is 8.27. The lowest BCUT2D eigenvalue weighted by Gasteiger charge is -2.12. The summed E-state index contributed by atoms with van der Waals surface area (Å²) in [6.45, 7) is 6.71. The molecule has 7 heteroatoms. The number of nitrogens with one attached hydrogen (secondary N) is 1. The van der Waals surface area contributed by atoms with E-state index in [2.05, 4.69) is 17.2 Å². The van der Waals surface area contributed by atoms with Crippen molar-refractivity contribution in [1.29, 1.82) is 0 Å². The van der Waals surface area contributed by atoms with E-state index in [1.54, 1.807) is 14.0 Å². The van der Waals surface area contributed by atoms with Crippen LogP contribution in [0.1, 0.15) is 49.2 Å². The normalized spacial score (nSPS) is 12.5. The molecule has 0 fully saturated rings. The van der Waals surface area contributed by atoms with E-state index in [0.29, 0.717) is 25.3 Å². The second-order valence-electron chi connectivity index (χ2n) is 5.97. The number of ether oxygens (including phenoxy) is 1. The van der Waals surface area contributed by atoms with Crippen LogP contribution in [-0.4, -0.2) is 35.2 Å². The molecule has 0 saturated carbocycles. The lowest BCUT2D eigenvalue weighted by atomic mass is 10.1. The first-order valence-electron chi connectivity index (χ1n) is 8.27. The van der Waals surface area contributed by atoms with Gasteiger partial charge in [-0.15, -0.1) is 0 Å². The minimum absolute atomic E-state index is 0.0347. The molecular formula is C17H25N3O4. The molecule has 132 valence electrons. The molecule has 1 unspecified atom stereocenters. The van der Waals surface area contributed by atoms with Gasteiger partial charge in [0.1, 0.15) is 17.5 Å². The van der Waals surface area contributed by atoms with Crippen LogP contribution in [0, 0.1) is 6.92 Å². The van der Waals surface area contributed by atoms with Crippen LogP contribution >= 0.6 is 0 Å². The summed E-state index contributed by atoms with van der Waals surface area (Å²) in [5.74, 6) is 0.117. The molecule has 0 aliphatic heterocycles. The van der Waals surface area contributed by atoms with Crippen molar-refractivity contribution in [2.24, 2.45) is 0 Å². The van der Waals surface area contributed by atoms with Gasteiger partial charge in [0.2, 0.25) is 5.71 Å². The largest absolute Gasteiger partial charge is 0.442 e. The molecule has 1 N–H and O–H groups in total. The number of fused-ring (bicyclic) bond motifs is 1. The molecule has 0 saturated heterocycles. The number of hydrogen-bond acceptors (Lipinski definition) is 5. The Morgan fingerprint density at radius 1 is 1.50 bits per heavy atom. The lowest BCUT2D eigenvalue weighted by molar-refractivity contribution is 0.0938. The first-order chi connectivity index (χ1) is 11.5. The highest BCUT2D eigenvalue weighted by molar-refractivity contribution is 6.06. The van der Waals surface area contributed by atoms with E-state index in [4.69, 9.17) is 9.15 Å². The van der Waals surface area contributed by atoms with Gasteiger partial charge in [-0.2, -0.15) is 0 Å².